The van der Waals surface area contributed by atoms with Gasteiger partial charge in [0.15, 0.2) is 5.82 Å². The molecule has 0 saturated carbocycles. The quantitative estimate of drug-likeness (QED) is 0.260. The highest BCUT2D eigenvalue weighted by molar-refractivity contribution is 5.81. The summed E-state index contributed by atoms with van der Waals surface area (Å²) in [5.41, 5.74) is 6.06. The number of aromatic amines is 1. The second kappa shape index (κ2) is 12.2. The fourth-order valence-corrected chi connectivity index (χ4v) is 5.75. The Bertz CT molecular complexity index is 1660. The second-order valence-corrected chi connectivity index (χ2v) is 11.0. The first-order chi connectivity index (χ1) is 20.0. The molecular formula is C33H36N6O2. The fraction of sp³-hybridized carbons (Fsp3) is 0.333. The van der Waals surface area contributed by atoms with Crippen LogP contribution in [0, 0.1) is 13.8 Å². The van der Waals surface area contributed by atoms with E-state index in [0.29, 0.717) is 31.0 Å². The van der Waals surface area contributed by atoms with Crippen molar-refractivity contribution in [3.8, 4) is 0 Å². The van der Waals surface area contributed by atoms with Crippen LogP contribution in [0.2, 0.25) is 0 Å². The van der Waals surface area contributed by atoms with Crippen molar-refractivity contribution in [1.82, 2.24) is 30.1 Å². The topological polar surface area (TPSA) is 88.9 Å². The molecule has 3 aromatic carbocycles. The molecule has 2 atom stereocenters. The zero-order valence-electron chi connectivity index (χ0n) is 23.7. The van der Waals surface area contributed by atoms with Crippen molar-refractivity contribution in [1.29, 1.82) is 0 Å². The molecule has 0 unspecified atom stereocenters. The molecule has 0 aliphatic carbocycles. The minimum absolute atomic E-state index is 0.0605. The third-order valence-corrected chi connectivity index (χ3v) is 8.11. The predicted molar refractivity (Wildman–Crippen MR) is 160 cm³/mol. The molecule has 0 amide bonds. The van der Waals surface area contributed by atoms with Gasteiger partial charge in [-0.25, -0.2) is 4.68 Å². The van der Waals surface area contributed by atoms with Gasteiger partial charge in [-0.05, 0) is 89.4 Å². The summed E-state index contributed by atoms with van der Waals surface area (Å²) in [6, 6.07) is 26.6. The van der Waals surface area contributed by atoms with Gasteiger partial charge >= 0.3 is 0 Å². The summed E-state index contributed by atoms with van der Waals surface area (Å²) in [6.45, 7) is 6.82. The number of hydrogen-bond donors (Lipinski definition) is 1. The standard InChI is InChI=1S/C33H36N6O2/c1-23-18-27-20-29(33(40)34-30(27)19-24(23)2)31(32-35-36-37-39(32)22-28-14-9-17-41-28)38(21-26-12-7-4-8-13-26)16-15-25-10-5-3-6-11-25/h3-8,10-13,18-20,28,31H,9,14-17,21-22H2,1-2H3,(H,34,40)/t28-,31+/m1/s1. The molecular weight excluding hydrogens is 512 g/mol. The number of H-pyrrole nitrogens is 1. The van der Waals surface area contributed by atoms with Crippen LogP contribution in [0.4, 0.5) is 0 Å². The monoisotopic (exact) mass is 548 g/mol. The molecule has 1 aliphatic heterocycles. The van der Waals surface area contributed by atoms with E-state index in [0.717, 1.165) is 47.9 Å². The minimum atomic E-state index is -0.468. The van der Waals surface area contributed by atoms with Crippen LogP contribution in [0.5, 0.6) is 0 Å². The maximum Gasteiger partial charge on any atom is 0.253 e. The maximum atomic E-state index is 13.9. The first kappa shape index (κ1) is 27.1. The summed E-state index contributed by atoms with van der Waals surface area (Å²) >= 11 is 0. The molecule has 0 spiro atoms. The average Bonchev–Trinajstić information content (AvgIpc) is 3.67. The highest BCUT2D eigenvalue weighted by Gasteiger charge is 2.32. The highest BCUT2D eigenvalue weighted by Crippen LogP contribution is 2.30. The number of benzene rings is 3. The number of aryl methyl sites for hydroxylation is 2. The van der Waals surface area contributed by atoms with Gasteiger partial charge in [0.05, 0.1) is 12.6 Å². The molecule has 8 heteroatoms. The number of hydrogen-bond acceptors (Lipinski definition) is 6. The summed E-state index contributed by atoms with van der Waals surface area (Å²) in [5, 5.41) is 14.0. The van der Waals surface area contributed by atoms with Gasteiger partial charge in [0.1, 0.15) is 6.04 Å². The Balaban J connectivity index is 1.48. The van der Waals surface area contributed by atoms with E-state index in [1.54, 1.807) is 0 Å². The van der Waals surface area contributed by atoms with Crippen LogP contribution in [-0.2, 0) is 24.2 Å². The van der Waals surface area contributed by atoms with E-state index >= 15 is 0 Å². The van der Waals surface area contributed by atoms with E-state index in [2.05, 4.69) is 93.9 Å². The zero-order valence-corrected chi connectivity index (χ0v) is 23.7. The Morgan fingerprint density at radius 2 is 1.73 bits per heavy atom. The Hall–Kier alpha value is -4.14. The molecule has 0 radical (unpaired) electrons. The van der Waals surface area contributed by atoms with E-state index in [9.17, 15) is 4.79 Å². The van der Waals surface area contributed by atoms with Crippen LogP contribution in [0.25, 0.3) is 10.9 Å². The molecule has 1 fully saturated rings. The Kier molecular flexibility index (Phi) is 8.02. The minimum Gasteiger partial charge on any atom is -0.376 e. The number of aromatic nitrogens is 5. The van der Waals surface area contributed by atoms with Crippen LogP contribution in [0.15, 0.2) is 83.7 Å². The largest absolute Gasteiger partial charge is 0.376 e. The van der Waals surface area contributed by atoms with Gasteiger partial charge in [0.2, 0.25) is 0 Å². The number of nitrogens with zero attached hydrogens (tertiary/aromatic N) is 5. The van der Waals surface area contributed by atoms with Crippen molar-refractivity contribution in [3.05, 3.63) is 123 Å². The molecule has 1 N–H and O–H groups in total. The molecule has 3 heterocycles. The van der Waals surface area contributed by atoms with Gasteiger partial charge in [-0.1, -0.05) is 60.7 Å². The first-order valence-electron chi connectivity index (χ1n) is 14.4. The van der Waals surface area contributed by atoms with Crippen LogP contribution in [-0.4, -0.2) is 49.3 Å². The SMILES string of the molecule is Cc1cc2cc([C@@H](c3nnnn3C[C@H]3CCCO3)N(CCc3ccccc3)Cc3ccccc3)c(=O)[nH]c2cc1C. The lowest BCUT2D eigenvalue weighted by molar-refractivity contribution is 0.0906. The van der Waals surface area contributed by atoms with Crippen molar-refractivity contribution in [2.45, 2.75) is 58.3 Å². The van der Waals surface area contributed by atoms with Crippen molar-refractivity contribution in [2.75, 3.05) is 13.2 Å². The third kappa shape index (κ3) is 6.14. The van der Waals surface area contributed by atoms with Crippen LogP contribution < -0.4 is 5.56 Å². The molecule has 6 rings (SSSR count). The molecule has 41 heavy (non-hydrogen) atoms. The Labute approximate surface area is 240 Å². The van der Waals surface area contributed by atoms with E-state index in [4.69, 9.17) is 4.74 Å². The van der Waals surface area contributed by atoms with E-state index in [1.807, 2.05) is 28.9 Å². The number of tetrazole rings is 1. The van der Waals surface area contributed by atoms with Crippen molar-refractivity contribution in [3.63, 3.8) is 0 Å². The summed E-state index contributed by atoms with van der Waals surface area (Å²) in [4.78, 5) is 19.4. The maximum absolute atomic E-state index is 13.9. The number of fused-ring (bicyclic) bond motifs is 1. The number of pyridine rings is 1. The molecule has 5 aromatic rings. The van der Waals surface area contributed by atoms with Crippen LogP contribution in [0.1, 0.15) is 52.5 Å². The van der Waals surface area contributed by atoms with Crippen LogP contribution >= 0.6 is 0 Å². The van der Waals surface area contributed by atoms with Gasteiger partial charge in [-0.2, -0.15) is 0 Å². The molecule has 0 bridgehead atoms. The zero-order chi connectivity index (χ0) is 28.2. The van der Waals surface area contributed by atoms with E-state index in [1.165, 1.54) is 11.1 Å². The Morgan fingerprint density at radius 3 is 2.46 bits per heavy atom. The van der Waals surface area contributed by atoms with Gasteiger partial charge in [-0.3, -0.25) is 9.69 Å². The number of rotatable bonds is 10. The summed E-state index contributed by atoms with van der Waals surface area (Å²) < 4.78 is 7.77. The van der Waals surface area contributed by atoms with Crippen molar-refractivity contribution >= 4 is 10.9 Å². The number of nitrogens with one attached hydrogen (secondary N) is 1. The van der Waals surface area contributed by atoms with Gasteiger partial charge < -0.3 is 9.72 Å². The molecule has 2 aromatic heterocycles. The van der Waals surface area contributed by atoms with Gasteiger partial charge in [0, 0.05) is 30.8 Å². The highest BCUT2D eigenvalue weighted by atomic mass is 16.5. The number of ether oxygens (including phenoxy) is 1. The fourth-order valence-electron chi connectivity index (χ4n) is 5.75. The normalized spacial score (nSPS) is 16.0. The molecule has 1 aliphatic rings. The lowest BCUT2D eigenvalue weighted by atomic mass is 9.99. The van der Waals surface area contributed by atoms with Crippen LogP contribution in [0.3, 0.4) is 0 Å². The van der Waals surface area contributed by atoms with Gasteiger partial charge in [-0.15, -0.1) is 5.10 Å². The lowest BCUT2D eigenvalue weighted by Crippen LogP contribution is -2.37. The Morgan fingerprint density at radius 1 is 1.00 bits per heavy atom. The smallest absolute Gasteiger partial charge is 0.253 e. The summed E-state index contributed by atoms with van der Waals surface area (Å²) in [5.74, 6) is 0.651. The van der Waals surface area contributed by atoms with Gasteiger partial charge in [0.25, 0.3) is 5.56 Å². The second-order valence-electron chi connectivity index (χ2n) is 11.0. The predicted octanol–water partition coefficient (Wildman–Crippen LogP) is 5.14. The summed E-state index contributed by atoms with van der Waals surface area (Å²) in [7, 11) is 0. The molecule has 8 nitrogen and oxygen atoms in total. The van der Waals surface area contributed by atoms with E-state index in [-0.39, 0.29) is 11.7 Å². The molecule has 1 saturated heterocycles. The molecule has 210 valence electrons. The van der Waals surface area contributed by atoms with E-state index < -0.39 is 6.04 Å². The third-order valence-electron chi connectivity index (χ3n) is 8.11. The average molecular weight is 549 g/mol. The first-order valence-corrected chi connectivity index (χ1v) is 14.4. The van der Waals surface area contributed by atoms with Crippen molar-refractivity contribution in [2.24, 2.45) is 0 Å². The summed E-state index contributed by atoms with van der Waals surface area (Å²) in [6.07, 6.45) is 2.89. The lowest BCUT2D eigenvalue weighted by Gasteiger charge is -2.31. The van der Waals surface area contributed by atoms with Crippen molar-refractivity contribution < 1.29 is 4.74 Å².